The van der Waals surface area contributed by atoms with E-state index in [1.54, 1.807) is 12.3 Å². The van der Waals surface area contributed by atoms with Gasteiger partial charge in [0.15, 0.2) is 6.61 Å². The maximum atomic E-state index is 11.9. The number of nitrogens with zero attached hydrogens (tertiary/aromatic N) is 1. The van der Waals surface area contributed by atoms with E-state index >= 15 is 0 Å². The van der Waals surface area contributed by atoms with Crippen LogP contribution in [0.4, 0.5) is 5.69 Å². The molecule has 1 atom stereocenters. The van der Waals surface area contributed by atoms with E-state index in [-0.39, 0.29) is 18.1 Å². The fourth-order valence-corrected chi connectivity index (χ4v) is 2.43. The minimum absolute atomic E-state index is 0.287. The molecule has 126 valence electrons. The summed E-state index contributed by atoms with van der Waals surface area (Å²) in [4.78, 5) is 27.6. The minimum Gasteiger partial charge on any atom is -0.452 e. The number of benzene rings is 1. The maximum Gasteiger partial charge on any atom is 0.340 e. The van der Waals surface area contributed by atoms with E-state index in [1.807, 2.05) is 24.3 Å². The SMILES string of the molecule is CC[C@@H](C)c1ccc(NC(=O)COC(=O)c2cncc(Br)c2)cc1. The van der Waals surface area contributed by atoms with Crippen LogP contribution in [-0.2, 0) is 9.53 Å². The average Bonchev–Trinajstić information content (AvgIpc) is 2.59. The number of amides is 1. The fourth-order valence-electron chi connectivity index (χ4n) is 2.07. The van der Waals surface area contributed by atoms with E-state index in [1.165, 1.54) is 11.8 Å². The molecule has 0 aliphatic carbocycles. The van der Waals surface area contributed by atoms with Crippen molar-refractivity contribution in [3.05, 3.63) is 58.3 Å². The first-order valence-corrected chi connectivity index (χ1v) is 8.46. The Morgan fingerprint density at radius 3 is 2.58 bits per heavy atom. The Bertz CT molecular complexity index is 716. The van der Waals surface area contributed by atoms with E-state index < -0.39 is 5.97 Å². The van der Waals surface area contributed by atoms with Gasteiger partial charge in [-0.25, -0.2) is 4.79 Å². The van der Waals surface area contributed by atoms with Gasteiger partial charge < -0.3 is 10.1 Å². The van der Waals surface area contributed by atoms with E-state index in [9.17, 15) is 9.59 Å². The molecule has 1 heterocycles. The standard InChI is InChI=1S/C18H19BrN2O3/c1-3-12(2)13-4-6-16(7-5-13)21-17(22)11-24-18(23)14-8-15(19)10-20-9-14/h4-10,12H,3,11H2,1-2H3,(H,21,22)/t12-/m1/s1. The van der Waals surface area contributed by atoms with Crippen LogP contribution in [-0.4, -0.2) is 23.5 Å². The zero-order valence-corrected chi connectivity index (χ0v) is 15.2. The van der Waals surface area contributed by atoms with Gasteiger partial charge in [-0.15, -0.1) is 0 Å². The van der Waals surface area contributed by atoms with Crippen molar-refractivity contribution in [3.8, 4) is 0 Å². The monoisotopic (exact) mass is 390 g/mol. The summed E-state index contributed by atoms with van der Waals surface area (Å²) in [6.45, 7) is 3.94. The molecule has 0 aliphatic heterocycles. The molecule has 1 N–H and O–H groups in total. The molecule has 0 spiro atoms. The molecule has 24 heavy (non-hydrogen) atoms. The number of pyridine rings is 1. The lowest BCUT2D eigenvalue weighted by molar-refractivity contribution is -0.119. The van der Waals surface area contributed by atoms with Gasteiger partial charge in [0.1, 0.15) is 0 Å². The number of hydrogen-bond donors (Lipinski definition) is 1. The molecular weight excluding hydrogens is 372 g/mol. The number of esters is 1. The molecule has 1 aromatic carbocycles. The van der Waals surface area contributed by atoms with Crippen LogP contribution >= 0.6 is 15.9 Å². The summed E-state index contributed by atoms with van der Waals surface area (Å²) in [5.74, 6) is -0.497. The van der Waals surface area contributed by atoms with Gasteiger partial charge in [0, 0.05) is 22.6 Å². The summed E-state index contributed by atoms with van der Waals surface area (Å²) in [5.41, 5.74) is 2.19. The van der Waals surface area contributed by atoms with Crippen molar-refractivity contribution < 1.29 is 14.3 Å². The van der Waals surface area contributed by atoms with E-state index in [0.29, 0.717) is 16.1 Å². The highest BCUT2D eigenvalue weighted by Gasteiger charge is 2.11. The predicted octanol–water partition coefficient (Wildman–Crippen LogP) is 4.15. The van der Waals surface area contributed by atoms with Crippen LogP contribution < -0.4 is 5.32 Å². The second-order valence-electron chi connectivity index (χ2n) is 5.45. The molecule has 0 saturated carbocycles. The first-order chi connectivity index (χ1) is 11.5. The molecule has 1 amide bonds. The first kappa shape index (κ1) is 18.1. The molecule has 0 aliphatic rings. The van der Waals surface area contributed by atoms with Crippen molar-refractivity contribution in [1.82, 2.24) is 4.98 Å². The number of nitrogens with one attached hydrogen (secondary N) is 1. The second-order valence-corrected chi connectivity index (χ2v) is 6.36. The molecule has 0 fully saturated rings. The van der Waals surface area contributed by atoms with E-state index in [2.05, 4.69) is 40.1 Å². The molecule has 0 saturated heterocycles. The Labute approximate surface area is 149 Å². The quantitative estimate of drug-likeness (QED) is 0.752. The minimum atomic E-state index is -0.592. The van der Waals surface area contributed by atoms with Gasteiger partial charge in [0.25, 0.3) is 5.91 Å². The number of aromatic nitrogens is 1. The summed E-state index contributed by atoms with van der Waals surface area (Å²) in [6, 6.07) is 9.26. The lowest BCUT2D eigenvalue weighted by atomic mass is 9.99. The summed E-state index contributed by atoms with van der Waals surface area (Å²) in [6.07, 6.45) is 4.01. The number of anilines is 1. The molecule has 2 aromatic rings. The van der Waals surface area contributed by atoms with Gasteiger partial charge in [0.05, 0.1) is 5.56 Å². The molecule has 5 nitrogen and oxygen atoms in total. The summed E-state index contributed by atoms with van der Waals surface area (Å²) >= 11 is 3.23. The largest absolute Gasteiger partial charge is 0.452 e. The second kappa shape index (κ2) is 8.59. The number of hydrogen-bond acceptors (Lipinski definition) is 4. The smallest absolute Gasteiger partial charge is 0.340 e. The number of rotatable bonds is 6. The van der Waals surface area contributed by atoms with Gasteiger partial charge in [-0.3, -0.25) is 9.78 Å². The van der Waals surface area contributed by atoms with Crippen molar-refractivity contribution in [3.63, 3.8) is 0 Å². The van der Waals surface area contributed by atoms with Crippen LogP contribution in [0.15, 0.2) is 47.2 Å². The number of halogens is 1. The number of carbonyl (C=O) groups excluding carboxylic acids is 2. The highest BCUT2D eigenvalue weighted by atomic mass is 79.9. The Balaban J connectivity index is 1.86. The van der Waals surface area contributed by atoms with Crippen LogP contribution in [0, 0.1) is 0 Å². The predicted molar refractivity (Wildman–Crippen MR) is 96.0 cm³/mol. The zero-order chi connectivity index (χ0) is 17.5. The van der Waals surface area contributed by atoms with Crippen molar-refractivity contribution >= 4 is 33.5 Å². The Hall–Kier alpha value is -2.21. The van der Waals surface area contributed by atoms with Crippen LogP contribution in [0.5, 0.6) is 0 Å². The lowest BCUT2D eigenvalue weighted by Gasteiger charge is -2.10. The van der Waals surface area contributed by atoms with Gasteiger partial charge >= 0.3 is 5.97 Å². The molecule has 1 aromatic heterocycles. The molecule has 0 radical (unpaired) electrons. The normalized spacial score (nSPS) is 11.6. The maximum absolute atomic E-state index is 11.9. The third-order valence-corrected chi connectivity index (χ3v) is 4.08. The Morgan fingerprint density at radius 2 is 1.96 bits per heavy atom. The first-order valence-electron chi connectivity index (χ1n) is 7.67. The number of carbonyl (C=O) groups is 2. The average molecular weight is 391 g/mol. The molecule has 6 heteroatoms. The summed E-state index contributed by atoms with van der Waals surface area (Å²) in [7, 11) is 0. The van der Waals surface area contributed by atoms with Crippen molar-refractivity contribution in [2.75, 3.05) is 11.9 Å². The summed E-state index contributed by atoms with van der Waals surface area (Å²) < 4.78 is 5.65. The molecule has 2 rings (SSSR count). The third kappa shape index (κ3) is 5.16. The third-order valence-electron chi connectivity index (χ3n) is 3.65. The topological polar surface area (TPSA) is 68.3 Å². The van der Waals surface area contributed by atoms with Gasteiger partial charge in [-0.05, 0) is 52.0 Å². The highest BCUT2D eigenvalue weighted by molar-refractivity contribution is 9.10. The lowest BCUT2D eigenvalue weighted by Crippen LogP contribution is -2.21. The number of ether oxygens (including phenoxy) is 1. The van der Waals surface area contributed by atoms with Gasteiger partial charge in [-0.2, -0.15) is 0 Å². The van der Waals surface area contributed by atoms with Crippen LogP contribution in [0.1, 0.15) is 42.1 Å². The molecule has 0 unspecified atom stereocenters. The van der Waals surface area contributed by atoms with Crippen LogP contribution in [0.2, 0.25) is 0 Å². The molecular formula is C18H19BrN2O3. The van der Waals surface area contributed by atoms with Gasteiger partial charge in [0.2, 0.25) is 0 Å². The Kier molecular flexibility index (Phi) is 6.49. The Morgan fingerprint density at radius 1 is 1.25 bits per heavy atom. The van der Waals surface area contributed by atoms with E-state index in [0.717, 1.165) is 6.42 Å². The van der Waals surface area contributed by atoms with Crippen molar-refractivity contribution in [1.29, 1.82) is 0 Å². The van der Waals surface area contributed by atoms with Crippen LogP contribution in [0.25, 0.3) is 0 Å². The zero-order valence-electron chi connectivity index (χ0n) is 13.6. The highest BCUT2D eigenvalue weighted by Crippen LogP contribution is 2.20. The van der Waals surface area contributed by atoms with Crippen molar-refractivity contribution in [2.45, 2.75) is 26.2 Å². The van der Waals surface area contributed by atoms with E-state index in [4.69, 9.17) is 4.74 Å². The molecule has 0 bridgehead atoms. The van der Waals surface area contributed by atoms with Crippen LogP contribution in [0.3, 0.4) is 0 Å². The fraction of sp³-hybridized carbons (Fsp3) is 0.278. The van der Waals surface area contributed by atoms with Gasteiger partial charge in [-0.1, -0.05) is 26.0 Å². The summed E-state index contributed by atoms with van der Waals surface area (Å²) in [5, 5.41) is 2.70. The van der Waals surface area contributed by atoms with Crippen molar-refractivity contribution in [2.24, 2.45) is 0 Å².